The molecule has 0 aromatic heterocycles. The first kappa shape index (κ1) is 18.6. The Hall–Kier alpha value is -2.44. The van der Waals surface area contributed by atoms with Gasteiger partial charge in [-0.25, -0.2) is 0 Å². The molecule has 0 N–H and O–H groups in total. The molecular formula is C16H21NO6. The van der Waals surface area contributed by atoms with E-state index in [-0.39, 0.29) is 30.9 Å². The van der Waals surface area contributed by atoms with Crippen molar-refractivity contribution in [3.63, 3.8) is 0 Å². The van der Waals surface area contributed by atoms with Crippen LogP contribution < -0.4 is 4.74 Å². The predicted molar refractivity (Wildman–Crippen MR) is 83.0 cm³/mol. The van der Waals surface area contributed by atoms with Gasteiger partial charge in [0.1, 0.15) is 5.75 Å². The zero-order valence-electron chi connectivity index (χ0n) is 13.5. The summed E-state index contributed by atoms with van der Waals surface area (Å²) in [6.07, 6.45) is 1.09. The summed E-state index contributed by atoms with van der Waals surface area (Å²) in [4.78, 5) is 34.9. The number of rotatable bonds is 8. The molecule has 0 radical (unpaired) electrons. The molecule has 1 aromatic rings. The summed E-state index contributed by atoms with van der Waals surface area (Å²) in [5, 5.41) is 10.8. The van der Waals surface area contributed by atoms with Gasteiger partial charge in [-0.3, -0.25) is 19.7 Å². The Morgan fingerprint density at radius 2 is 1.83 bits per heavy atom. The molecule has 7 nitrogen and oxygen atoms in total. The van der Waals surface area contributed by atoms with Crippen molar-refractivity contribution in [1.82, 2.24) is 0 Å². The van der Waals surface area contributed by atoms with E-state index in [4.69, 9.17) is 9.47 Å². The van der Waals surface area contributed by atoms with Crippen molar-refractivity contribution < 1.29 is 24.0 Å². The van der Waals surface area contributed by atoms with Crippen LogP contribution in [0.5, 0.6) is 5.75 Å². The quantitative estimate of drug-likeness (QED) is 0.239. The molecule has 0 heterocycles. The fourth-order valence-electron chi connectivity index (χ4n) is 2.11. The fourth-order valence-corrected chi connectivity index (χ4v) is 2.11. The molecule has 126 valence electrons. The lowest BCUT2D eigenvalue weighted by Crippen LogP contribution is -2.42. The first-order valence-corrected chi connectivity index (χ1v) is 7.55. The number of nitro benzene ring substituents is 1. The van der Waals surface area contributed by atoms with Crippen molar-refractivity contribution in [3.05, 3.63) is 34.4 Å². The second kappa shape index (κ2) is 8.26. The van der Waals surface area contributed by atoms with Gasteiger partial charge < -0.3 is 9.47 Å². The van der Waals surface area contributed by atoms with E-state index in [2.05, 4.69) is 0 Å². The Kier molecular flexibility index (Phi) is 6.68. The van der Waals surface area contributed by atoms with Crippen molar-refractivity contribution in [2.75, 3.05) is 6.61 Å². The highest BCUT2D eigenvalue weighted by Gasteiger charge is 2.46. The van der Waals surface area contributed by atoms with Crippen LogP contribution in [0.2, 0.25) is 0 Å². The van der Waals surface area contributed by atoms with E-state index >= 15 is 0 Å². The first-order chi connectivity index (χ1) is 10.9. The van der Waals surface area contributed by atoms with Crippen LogP contribution >= 0.6 is 0 Å². The van der Waals surface area contributed by atoms with Crippen LogP contribution in [-0.4, -0.2) is 23.5 Å². The SMILES string of the molecule is CCCOC(=O)C(CC)(CC)C(=O)Oc1cccc([N+](=O)[O-])c1. The van der Waals surface area contributed by atoms with E-state index in [9.17, 15) is 19.7 Å². The smallest absolute Gasteiger partial charge is 0.328 e. The summed E-state index contributed by atoms with van der Waals surface area (Å²) < 4.78 is 10.3. The molecular weight excluding hydrogens is 302 g/mol. The van der Waals surface area contributed by atoms with Crippen molar-refractivity contribution in [2.24, 2.45) is 5.41 Å². The van der Waals surface area contributed by atoms with Gasteiger partial charge in [-0.2, -0.15) is 0 Å². The predicted octanol–water partition coefficient (Wildman–Crippen LogP) is 3.26. The number of carbonyl (C=O) groups excluding carboxylic acids is 2. The van der Waals surface area contributed by atoms with Gasteiger partial charge in [0, 0.05) is 6.07 Å². The maximum absolute atomic E-state index is 12.5. The average Bonchev–Trinajstić information content (AvgIpc) is 2.54. The van der Waals surface area contributed by atoms with Crippen LogP contribution in [-0.2, 0) is 14.3 Å². The van der Waals surface area contributed by atoms with E-state index in [1.165, 1.54) is 18.2 Å². The van der Waals surface area contributed by atoms with Crippen LogP contribution in [0.15, 0.2) is 24.3 Å². The molecule has 0 unspecified atom stereocenters. The largest absolute Gasteiger partial charge is 0.465 e. The number of nitrogens with zero attached hydrogens (tertiary/aromatic N) is 1. The van der Waals surface area contributed by atoms with Gasteiger partial charge in [-0.15, -0.1) is 0 Å². The Morgan fingerprint density at radius 3 is 2.35 bits per heavy atom. The van der Waals surface area contributed by atoms with Crippen molar-refractivity contribution >= 4 is 17.6 Å². The van der Waals surface area contributed by atoms with E-state index in [1.807, 2.05) is 6.92 Å². The molecule has 7 heteroatoms. The van der Waals surface area contributed by atoms with Crippen molar-refractivity contribution in [3.8, 4) is 5.75 Å². The standard InChI is InChI=1S/C16H21NO6/c1-4-10-22-14(18)16(5-2,6-3)15(19)23-13-9-7-8-12(11-13)17(20)21/h7-9,11H,4-6,10H2,1-3H3. The number of hydrogen-bond donors (Lipinski definition) is 0. The molecule has 0 bridgehead atoms. The number of benzene rings is 1. The molecule has 1 aromatic carbocycles. The fraction of sp³-hybridized carbons (Fsp3) is 0.500. The maximum Gasteiger partial charge on any atom is 0.328 e. The number of ether oxygens (including phenoxy) is 2. The third-order valence-corrected chi connectivity index (χ3v) is 3.66. The van der Waals surface area contributed by atoms with Gasteiger partial charge in [-0.05, 0) is 25.3 Å². The summed E-state index contributed by atoms with van der Waals surface area (Å²) >= 11 is 0. The average molecular weight is 323 g/mol. The van der Waals surface area contributed by atoms with Crippen molar-refractivity contribution in [2.45, 2.75) is 40.0 Å². The number of carbonyl (C=O) groups is 2. The zero-order valence-corrected chi connectivity index (χ0v) is 13.5. The zero-order chi connectivity index (χ0) is 17.5. The Bertz CT molecular complexity index is 580. The van der Waals surface area contributed by atoms with Gasteiger partial charge in [0.2, 0.25) is 0 Å². The van der Waals surface area contributed by atoms with Crippen LogP contribution in [0, 0.1) is 15.5 Å². The summed E-state index contributed by atoms with van der Waals surface area (Å²) in [6, 6.07) is 5.28. The molecule has 0 aliphatic carbocycles. The number of nitro groups is 1. The molecule has 0 aliphatic heterocycles. The van der Waals surface area contributed by atoms with E-state index in [0.29, 0.717) is 6.42 Å². The van der Waals surface area contributed by atoms with Crippen molar-refractivity contribution in [1.29, 1.82) is 0 Å². The van der Waals surface area contributed by atoms with Gasteiger partial charge in [-0.1, -0.05) is 26.8 Å². The second-order valence-electron chi connectivity index (χ2n) is 5.07. The number of non-ortho nitro benzene ring substituents is 1. The summed E-state index contributed by atoms with van der Waals surface area (Å²) in [5.41, 5.74) is -1.60. The first-order valence-electron chi connectivity index (χ1n) is 7.55. The Labute approximate surface area is 134 Å². The molecule has 0 spiro atoms. The third-order valence-electron chi connectivity index (χ3n) is 3.66. The minimum absolute atomic E-state index is 0.0266. The maximum atomic E-state index is 12.5. The molecule has 0 amide bonds. The van der Waals surface area contributed by atoms with Crippen LogP contribution in [0.25, 0.3) is 0 Å². The molecule has 23 heavy (non-hydrogen) atoms. The topological polar surface area (TPSA) is 95.7 Å². The lowest BCUT2D eigenvalue weighted by Gasteiger charge is -2.26. The van der Waals surface area contributed by atoms with Crippen LogP contribution in [0.3, 0.4) is 0 Å². The van der Waals surface area contributed by atoms with E-state index in [0.717, 1.165) is 6.07 Å². The monoisotopic (exact) mass is 323 g/mol. The molecule has 0 saturated heterocycles. The molecule has 0 aliphatic rings. The lowest BCUT2D eigenvalue weighted by atomic mass is 9.82. The summed E-state index contributed by atoms with van der Waals surface area (Å²) in [7, 11) is 0. The Morgan fingerprint density at radius 1 is 1.17 bits per heavy atom. The Balaban J connectivity index is 3.00. The normalized spacial score (nSPS) is 10.9. The molecule has 0 saturated carbocycles. The third kappa shape index (κ3) is 4.28. The molecule has 0 fully saturated rings. The van der Waals surface area contributed by atoms with Gasteiger partial charge >= 0.3 is 11.9 Å². The summed E-state index contributed by atoms with van der Waals surface area (Å²) in [6.45, 7) is 5.48. The van der Waals surface area contributed by atoms with Crippen LogP contribution in [0.1, 0.15) is 40.0 Å². The van der Waals surface area contributed by atoms with E-state index < -0.39 is 22.3 Å². The minimum Gasteiger partial charge on any atom is -0.465 e. The second-order valence-corrected chi connectivity index (χ2v) is 5.07. The van der Waals surface area contributed by atoms with Crippen LogP contribution in [0.4, 0.5) is 5.69 Å². The van der Waals surface area contributed by atoms with Gasteiger partial charge in [0.25, 0.3) is 5.69 Å². The van der Waals surface area contributed by atoms with Gasteiger partial charge in [0.05, 0.1) is 17.6 Å². The highest BCUT2D eigenvalue weighted by Crippen LogP contribution is 2.31. The van der Waals surface area contributed by atoms with E-state index in [1.54, 1.807) is 13.8 Å². The van der Waals surface area contributed by atoms with Gasteiger partial charge in [0.15, 0.2) is 5.41 Å². The summed E-state index contributed by atoms with van der Waals surface area (Å²) in [5.74, 6) is -1.36. The number of hydrogen-bond acceptors (Lipinski definition) is 6. The highest BCUT2D eigenvalue weighted by molar-refractivity contribution is 6.00. The molecule has 1 rings (SSSR count). The number of esters is 2. The lowest BCUT2D eigenvalue weighted by molar-refractivity contribution is -0.384. The molecule has 0 atom stereocenters. The highest BCUT2D eigenvalue weighted by atomic mass is 16.6. The minimum atomic E-state index is -1.40.